The summed E-state index contributed by atoms with van der Waals surface area (Å²) in [5.41, 5.74) is 1.24. The van der Waals surface area contributed by atoms with Gasteiger partial charge in [-0.1, -0.05) is 13.8 Å². The Morgan fingerprint density at radius 1 is 1.16 bits per heavy atom. The van der Waals surface area contributed by atoms with Crippen LogP contribution in [0.5, 0.6) is 17.2 Å². The first-order valence-electron chi connectivity index (χ1n) is 8.76. The number of hydrogen-bond donors (Lipinski definition) is 1. The molecule has 6 heteroatoms. The quantitative estimate of drug-likeness (QED) is 0.632. The van der Waals surface area contributed by atoms with Gasteiger partial charge in [-0.15, -0.1) is 0 Å². The van der Waals surface area contributed by atoms with Crippen LogP contribution in [0.15, 0.2) is 17.1 Å². The van der Waals surface area contributed by atoms with Gasteiger partial charge in [0, 0.05) is 31.8 Å². The van der Waals surface area contributed by atoms with Gasteiger partial charge in [-0.25, -0.2) is 4.99 Å². The van der Waals surface area contributed by atoms with E-state index in [4.69, 9.17) is 19.2 Å². The molecule has 0 amide bonds. The topological polar surface area (TPSA) is 55.3 Å². The average Bonchev–Trinajstić information content (AvgIpc) is 2.97. The molecule has 2 rings (SSSR count). The Morgan fingerprint density at radius 3 is 2.24 bits per heavy atom. The molecule has 0 aliphatic carbocycles. The zero-order chi connectivity index (χ0) is 18.4. The average molecular weight is 349 g/mol. The summed E-state index contributed by atoms with van der Waals surface area (Å²) in [5, 5.41) is 3.40. The predicted octanol–water partition coefficient (Wildman–Crippen LogP) is 2.91. The number of guanidine groups is 1. The maximum absolute atomic E-state index is 5.52. The van der Waals surface area contributed by atoms with E-state index >= 15 is 0 Å². The molecule has 1 fully saturated rings. The number of ether oxygens (including phenoxy) is 3. The van der Waals surface area contributed by atoms with E-state index in [9.17, 15) is 0 Å². The molecule has 6 nitrogen and oxygen atoms in total. The van der Waals surface area contributed by atoms with E-state index in [2.05, 4.69) is 31.0 Å². The van der Waals surface area contributed by atoms with Crippen molar-refractivity contribution in [1.29, 1.82) is 0 Å². The fraction of sp³-hybridized carbons (Fsp3) is 0.632. The van der Waals surface area contributed by atoms with Crippen LogP contribution in [0.4, 0.5) is 0 Å². The molecule has 1 N–H and O–H groups in total. The van der Waals surface area contributed by atoms with Crippen LogP contribution < -0.4 is 19.5 Å². The third kappa shape index (κ3) is 4.71. The lowest BCUT2D eigenvalue weighted by atomic mass is 9.93. The van der Waals surface area contributed by atoms with E-state index < -0.39 is 0 Å². The van der Waals surface area contributed by atoms with E-state index in [1.165, 1.54) is 6.42 Å². The zero-order valence-corrected chi connectivity index (χ0v) is 16.3. The predicted molar refractivity (Wildman–Crippen MR) is 101 cm³/mol. The Labute approximate surface area is 151 Å². The zero-order valence-electron chi connectivity index (χ0n) is 16.3. The van der Waals surface area contributed by atoms with Crippen LogP contribution in [0.1, 0.15) is 32.8 Å². The van der Waals surface area contributed by atoms with Crippen LogP contribution in [0.3, 0.4) is 0 Å². The summed E-state index contributed by atoms with van der Waals surface area (Å²) in [7, 11) is 4.93. The summed E-state index contributed by atoms with van der Waals surface area (Å²) in [6.45, 7) is 10.0. The minimum absolute atomic E-state index is 0.325. The van der Waals surface area contributed by atoms with E-state index in [0.29, 0.717) is 17.7 Å². The highest BCUT2D eigenvalue weighted by Gasteiger charge is 2.31. The normalized spacial score (nSPS) is 16.7. The van der Waals surface area contributed by atoms with Gasteiger partial charge in [-0.3, -0.25) is 0 Å². The molecule has 1 aliphatic rings. The molecule has 0 bridgehead atoms. The monoisotopic (exact) mass is 349 g/mol. The number of benzene rings is 1. The summed E-state index contributed by atoms with van der Waals surface area (Å²) in [4.78, 5) is 7.16. The van der Waals surface area contributed by atoms with Crippen LogP contribution in [0.25, 0.3) is 0 Å². The largest absolute Gasteiger partial charge is 0.496 e. The van der Waals surface area contributed by atoms with Crippen molar-refractivity contribution < 1.29 is 14.2 Å². The molecular weight excluding hydrogens is 318 g/mol. The van der Waals surface area contributed by atoms with E-state index in [-0.39, 0.29) is 0 Å². The fourth-order valence-electron chi connectivity index (χ4n) is 3.11. The summed E-state index contributed by atoms with van der Waals surface area (Å²) >= 11 is 0. The number of likely N-dealkylation sites (tertiary alicyclic amines) is 1. The molecule has 1 aromatic carbocycles. The van der Waals surface area contributed by atoms with E-state index in [1.54, 1.807) is 21.3 Å². The maximum Gasteiger partial charge on any atom is 0.194 e. The second-order valence-electron chi connectivity index (χ2n) is 7.02. The highest BCUT2D eigenvalue weighted by atomic mass is 16.5. The second kappa shape index (κ2) is 8.32. The van der Waals surface area contributed by atoms with Crippen molar-refractivity contribution in [2.24, 2.45) is 10.4 Å². The van der Waals surface area contributed by atoms with Gasteiger partial charge in [0.1, 0.15) is 17.2 Å². The summed E-state index contributed by atoms with van der Waals surface area (Å²) < 4.78 is 16.3. The Morgan fingerprint density at radius 2 is 1.80 bits per heavy atom. The Balaban J connectivity index is 2.28. The molecule has 25 heavy (non-hydrogen) atoms. The van der Waals surface area contributed by atoms with Gasteiger partial charge in [-0.2, -0.15) is 0 Å². The van der Waals surface area contributed by atoms with Crippen LogP contribution in [-0.2, 0) is 6.54 Å². The third-order valence-electron chi connectivity index (χ3n) is 4.52. The number of hydrogen-bond acceptors (Lipinski definition) is 4. The van der Waals surface area contributed by atoms with Gasteiger partial charge in [0.25, 0.3) is 0 Å². The van der Waals surface area contributed by atoms with E-state index in [0.717, 1.165) is 42.7 Å². The standard InChI is InChI=1S/C19H31N3O3/c1-7-20-18(22-9-8-19(2,3)13-22)21-12-15-16(24-5)10-14(23-4)11-17(15)25-6/h10-11H,7-9,12-13H2,1-6H3,(H,20,21). The molecule has 0 atom stereocenters. The Kier molecular flexibility index (Phi) is 6.39. The molecule has 1 heterocycles. The number of nitrogens with zero attached hydrogens (tertiary/aromatic N) is 2. The van der Waals surface area contributed by atoms with Crippen LogP contribution in [-0.4, -0.2) is 51.8 Å². The maximum atomic E-state index is 5.52. The molecule has 0 radical (unpaired) electrons. The lowest BCUT2D eigenvalue weighted by Crippen LogP contribution is -2.40. The van der Waals surface area contributed by atoms with Gasteiger partial charge in [0.05, 0.1) is 33.4 Å². The molecule has 1 aromatic rings. The van der Waals surface area contributed by atoms with Gasteiger partial charge in [-0.05, 0) is 18.8 Å². The van der Waals surface area contributed by atoms with Crippen molar-refractivity contribution in [3.63, 3.8) is 0 Å². The molecule has 0 aromatic heterocycles. The van der Waals surface area contributed by atoms with Gasteiger partial charge in [0.15, 0.2) is 5.96 Å². The first-order chi connectivity index (χ1) is 11.9. The van der Waals surface area contributed by atoms with E-state index in [1.807, 2.05) is 12.1 Å². The highest BCUT2D eigenvalue weighted by Crippen LogP contribution is 2.35. The molecule has 0 spiro atoms. The van der Waals surface area contributed by atoms with Crippen molar-refractivity contribution in [3.8, 4) is 17.2 Å². The van der Waals surface area contributed by atoms with Crippen LogP contribution >= 0.6 is 0 Å². The van der Waals surface area contributed by atoms with Crippen molar-refractivity contribution in [2.75, 3.05) is 41.0 Å². The fourth-order valence-corrected chi connectivity index (χ4v) is 3.11. The minimum atomic E-state index is 0.325. The Hall–Kier alpha value is -2.11. The van der Waals surface area contributed by atoms with Gasteiger partial charge < -0.3 is 24.4 Å². The Bertz CT molecular complexity index is 589. The molecule has 0 saturated carbocycles. The molecule has 1 aliphatic heterocycles. The first-order valence-corrected chi connectivity index (χ1v) is 8.76. The molecule has 1 saturated heterocycles. The number of aliphatic imine (C=N–C) groups is 1. The van der Waals surface area contributed by atoms with Gasteiger partial charge in [0.2, 0.25) is 0 Å². The third-order valence-corrected chi connectivity index (χ3v) is 4.52. The number of rotatable bonds is 6. The summed E-state index contributed by atoms with van der Waals surface area (Å²) in [5.74, 6) is 3.08. The molecule has 140 valence electrons. The van der Waals surface area contributed by atoms with Crippen molar-refractivity contribution in [1.82, 2.24) is 10.2 Å². The lowest BCUT2D eigenvalue weighted by Gasteiger charge is -2.24. The van der Waals surface area contributed by atoms with Crippen LogP contribution in [0.2, 0.25) is 0 Å². The lowest BCUT2D eigenvalue weighted by molar-refractivity contribution is 0.366. The van der Waals surface area contributed by atoms with Gasteiger partial charge >= 0.3 is 0 Å². The van der Waals surface area contributed by atoms with Crippen molar-refractivity contribution in [3.05, 3.63) is 17.7 Å². The molecule has 0 unspecified atom stereocenters. The SMILES string of the molecule is CCNC(=NCc1c(OC)cc(OC)cc1OC)N1CCC(C)(C)C1. The van der Waals surface area contributed by atoms with Crippen molar-refractivity contribution in [2.45, 2.75) is 33.7 Å². The summed E-state index contributed by atoms with van der Waals surface area (Å²) in [6.07, 6.45) is 1.17. The van der Waals surface area contributed by atoms with Crippen LogP contribution in [0, 0.1) is 5.41 Å². The second-order valence-corrected chi connectivity index (χ2v) is 7.02. The first kappa shape index (κ1) is 19.2. The minimum Gasteiger partial charge on any atom is -0.496 e. The smallest absolute Gasteiger partial charge is 0.194 e. The number of methoxy groups -OCH3 is 3. The number of nitrogens with one attached hydrogen (secondary N) is 1. The summed E-state index contributed by atoms with van der Waals surface area (Å²) in [6, 6.07) is 3.72. The van der Waals surface area contributed by atoms with Crippen molar-refractivity contribution >= 4 is 5.96 Å². The molecular formula is C19H31N3O3. The highest BCUT2D eigenvalue weighted by molar-refractivity contribution is 5.80.